The summed E-state index contributed by atoms with van der Waals surface area (Å²) in [7, 11) is 0. The highest BCUT2D eigenvalue weighted by Gasteiger charge is 2.04. The molecule has 96 valence electrons. The fourth-order valence-electron chi connectivity index (χ4n) is 1.55. The molecule has 1 heterocycles. The van der Waals surface area contributed by atoms with Gasteiger partial charge in [0.25, 0.3) is 5.91 Å². The van der Waals surface area contributed by atoms with Crippen LogP contribution in [0.15, 0.2) is 53.9 Å². The van der Waals surface area contributed by atoms with E-state index in [1.807, 2.05) is 38.1 Å². The van der Waals surface area contributed by atoms with Crippen molar-refractivity contribution in [1.29, 1.82) is 0 Å². The molecule has 1 N–H and O–H groups in total. The number of carbonyl (C=O) groups is 1. The topological polar surface area (TPSA) is 54.4 Å². The van der Waals surface area contributed by atoms with Crippen molar-refractivity contribution in [3.8, 4) is 0 Å². The van der Waals surface area contributed by atoms with E-state index in [1.54, 1.807) is 24.5 Å². The Balaban J connectivity index is 2.06. The number of amides is 1. The molecule has 2 rings (SSSR count). The quantitative estimate of drug-likeness (QED) is 0.675. The van der Waals surface area contributed by atoms with Gasteiger partial charge >= 0.3 is 0 Å². The maximum Gasteiger partial charge on any atom is 0.271 e. The second kappa shape index (κ2) is 5.91. The first-order valence-electron chi connectivity index (χ1n) is 5.98. The molecule has 0 aliphatic heterocycles. The highest BCUT2D eigenvalue weighted by atomic mass is 16.2. The molecular formula is C15H15N3O. The Kier molecular flexibility index (Phi) is 4.03. The first kappa shape index (κ1) is 13.0. The molecule has 4 nitrogen and oxygen atoms in total. The Bertz CT molecular complexity index is 589. The third-order valence-corrected chi connectivity index (χ3v) is 2.72. The Morgan fingerprint density at radius 3 is 2.53 bits per heavy atom. The van der Waals surface area contributed by atoms with Crippen LogP contribution in [0.5, 0.6) is 0 Å². The van der Waals surface area contributed by atoms with Crippen molar-refractivity contribution in [2.24, 2.45) is 5.10 Å². The minimum absolute atomic E-state index is 0.219. The van der Waals surface area contributed by atoms with Crippen molar-refractivity contribution in [3.63, 3.8) is 0 Å². The molecule has 0 atom stereocenters. The van der Waals surface area contributed by atoms with Gasteiger partial charge in [0, 0.05) is 23.5 Å². The predicted octanol–water partition coefficient (Wildman–Crippen LogP) is 2.54. The van der Waals surface area contributed by atoms with Gasteiger partial charge in [0.05, 0.1) is 5.71 Å². The van der Waals surface area contributed by atoms with Crippen LogP contribution in [-0.2, 0) is 0 Å². The van der Waals surface area contributed by atoms with E-state index in [0.717, 1.165) is 11.1 Å². The van der Waals surface area contributed by atoms with Gasteiger partial charge in [-0.2, -0.15) is 5.10 Å². The third-order valence-electron chi connectivity index (χ3n) is 2.72. The van der Waals surface area contributed by atoms with Gasteiger partial charge in [0.2, 0.25) is 0 Å². The number of hydrazone groups is 1. The number of nitrogens with one attached hydrogen (secondary N) is 1. The van der Waals surface area contributed by atoms with Crippen LogP contribution in [-0.4, -0.2) is 16.6 Å². The summed E-state index contributed by atoms with van der Waals surface area (Å²) in [5.74, 6) is -0.219. The number of aromatic nitrogens is 1. The van der Waals surface area contributed by atoms with E-state index in [4.69, 9.17) is 0 Å². The van der Waals surface area contributed by atoms with E-state index >= 15 is 0 Å². The summed E-state index contributed by atoms with van der Waals surface area (Å²) in [6.45, 7) is 3.80. The minimum atomic E-state index is -0.219. The van der Waals surface area contributed by atoms with Gasteiger partial charge < -0.3 is 0 Å². The number of hydrogen-bond donors (Lipinski definition) is 1. The number of nitrogens with zero attached hydrogens (tertiary/aromatic N) is 2. The van der Waals surface area contributed by atoms with Crippen LogP contribution < -0.4 is 5.43 Å². The van der Waals surface area contributed by atoms with Crippen LogP contribution in [0, 0.1) is 6.92 Å². The molecular weight excluding hydrogens is 238 g/mol. The zero-order chi connectivity index (χ0) is 13.7. The maximum atomic E-state index is 11.9. The lowest BCUT2D eigenvalue weighted by atomic mass is 10.1. The van der Waals surface area contributed by atoms with Gasteiger partial charge in [-0.05, 0) is 32.0 Å². The maximum absolute atomic E-state index is 11.9. The molecule has 0 fully saturated rings. The molecule has 4 heteroatoms. The number of pyridine rings is 1. The Morgan fingerprint density at radius 2 is 1.89 bits per heavy atom. The largest absolute Gasteiger partial charge is 0.271 e. The molecule has 0 saturated carbocycles. The highest BCUT2D eigenvalue weighted by Crippen LogP contribution is 2.03. The van der Waals surface area contributed by atoms with Gasteiger partial charge in [-0.25, -0.2) is 5.43 Å². The van der Waals surface area contributed by atoms with Crippen molar-refractivity contribution in [2.75, 3.05) is 0 Å². The molecule has 0 aliphatic carbocycles. The average Bonchev–Trinajstić information content (AvgIpc) is 2.46. The van der Waals surface area contributed by atoms with Crippen LogP contribution in [0.4, 0.5) is 0 Å². The molecule has 0 bridgehead atoms. The van der Waals surface area contributed by atoms with Crippen LogP contribution in [0.1, 0.15) is 28.4 Å². The smallest absolute Gasteiger partial charge is 0.267 e. The molecule has 0 unspecified atom stereocenters. The highest BCUT2D eigenvalue weighted by molar-refractivity contribution is 6.00. The predicted molar refractivity (Wildman–Crippen MR) is 75.1 cm³/mol. The van der Waals surface area contributed by atoms with E-state index in [2.05, 4.69) is 15.5 Å². The van der Waals surface area contributed by atoms with Crippen LogP contribution in [0.25, 0.3) is 0 Å². The SMILES string of the molecule is C/C(=N\NC(=O)c1ccc(C)cc1)c1cccnc1. The Morgan fingerprint density at radius 1 is 1.16 bits per heavy atom. The van der Waals surface area contributed by atoms with Crippen molar-refractivity contribution < 1.29 is 4.79 Å². The lowest BCUT2D eigenvalue weighted by Crippen LogP contribution is -2.19. The van der Waals surface area contributed by atoms with Crippen molar-refractivity contribution in [1.82, 2.24) is 10.4 Å². The van der Waals surface area contributed by atoms with Crippen LogP contribution in [0.2, 0.25) is 0 Å². The number of benzene rings is 1. The van der Waals surface area contributed by atoms with Crippen molar-refractivity contribution in [2.45, 2.75) is 13.8 Å². The third kappa shape index (κ3) is 3.48. The zero-order valence-corrected chi connectivity index (χ0v) is 10.9. The summed E-state index contributed by atoms with van der Waals surface area (Å²) in [6.07, 6.45) is 3.40. The molecule has 1 amide bonds. The standard InChI is InChI=1S/C15H15N3O/c1-11-5-7-13(8-6-11)15(19)18-17-12(2)14-4-3-9-16-10-14/h3-10H,1-2H3,(H,18,19)/b17-12+. The average molecular weight is 253 g/mol. The molecule has 0 radical (unpaired) electrons. The number of hydrogen-bond acceptors (Lipinski definition) is 3. The summed E-state index contributed by atoms with van der Waals surface area (Å²) in [4.78, 5) is 15.9. The lowest BCUT2D eigenvalue weighted by Gasteiger charge is -2.03. The molecule has 19 heavy (non-hydrogen) atoms. The molecule has 0 aliphatic rings. The Hall–Kier alpha value is -2.49. The molecule has 1 aromatic carbocycles. The number of aryl methyl sites for hydroxylation is 1. The molecule has 1 aromatic heterocycles. The zero-order valence-electron chi connectivity index (χ0n) is 10.9. The van der Waals surface area contributed by atoms with E-state index in [-0.39, 0.29) is 5.91 Å². The van der Waals surface area contributed by atoms with Gasteiger partial charge in [0.15, 0.2) is 0 Å². The summed E-state index contributed by atoms with van der Waals surface area (Å²) < 4.78 is 0. The summed E-state index contributed by atoms with van der Waals surface area (Å²) >= 11 is 0. The second-order valence-corrected chi connectivity index (χ2v) is 4.25. The van der Waals surface area contributed by atoms with Crippen molar-refractivity contribution >= 4 is 11.6 Å². The van der Waals surface area contributed by atoms with Gasteiger partial charge in [-0.3, -0.25) is 9.78 Å². The minimum Gasteiger partial charge on any atom is -0.267 e. The number of carbonyl (C=O) groups excluding carboxylic acids is 1. The molecule has 0 saturated heterocycles. The summed E-state index contributed by atoms with van der Waals surface area (Å²) in [6, 6.07) is 11.1. The molecule has 0 spiro atoms. The van der Waals surface area contributed by atoms with E-state index in [9.17, 15) is 4.79 Å². The lowest BCUT2D eigenvalue weighted by molar-refractivity contribution is 0.0955. The van der Waals surface area contributed by atoms with Gasteiger partial charge in [-0.15, -0.1) is 0 Å². The van der Waals surface area contributed by atoms with E-state index in [0.29, 0.717) is 11.3 Å². The summed E-state index contributed by atoms with van der Waals surface area (Å²) in [5, 5.41) is 4.07. The Labute approximate surface area is 112 Å². The second-order valence-electron chi connectivity index (χ2n) is 4.25. The van der Waals surface area contributed by atoms with Crippen molar-refractivity contribution in [3.05, 3.63) is 65.5 Å². The van der Waals surface area contributed by atoms with Gasteiger partial charge in [-0.1, -0.05) is 23.8 Å². The summed E-state index contributed by atoms with van der Waals surface area (Å²) in [5.41, 5.74) is 5.84. The first-order chi connectivity index (χ1) is 9.16. The fourth-order valence-corrected chi connectivity index (χ4v) is 1.55. The van der Waals surface area contributed by atoms with E-state index in [1.165, 1.54) is 0 Å². The normalized spacial score (nSPS) is 11.2. The fraction of sp³-hybridized carbons (Fsp3) is 0.133. The van der Waals surface area contributed by atoms with Crippen LogP contribution in [0.3, 0.4) is 0 Å². The first-order valence-corrected chi connectivity index (χ1v) is 5.98. The monoisotopic (exact) mass is 253 g/mol. The van der Waals surface area contributed by atoms with E-state index < -0.39 is 0 Å². The number of rotatable bonds is 3. The van der Waals surface area contributed by atoms with Gasteiger partial charge in [0.1, 0.15) is 0 Å². The molecule has 2 aromatic rings. The van der Waals surface area contributed by atoms with Crippen LogP contribution >= 0.6 is 0 Å².